The van der Waals surface area contributed by atoms with Gasteiger partial charge < -0.3 is 9.47 Å². The zero-order valence-corrected chi connectivity index (χ0v) is 14.9. The van der Waals surface area contributed by atoms with Crippen molar-refractivity contribution in [3.63, 3.8) is 0 Å². The molecule has 4 aromatic rings. The van der Waals surface area contributed by atoms with E-state index in [2.05, 4.69) is 25.1 Å². The SMILES string of the molecule is CN(CCn1cnc2ccccc21)C(=O)c1ccc(Cn2cnnn2)cc1. The van der Waals surface area contributed by atoms with Crippen molar-refractivity contribution in [2.45, 2.75) is 13.1 Å². The largest absolute Gasteiger partial charge is 0.340 e. The average Bonchev–Trinajstić information content (AvgIpc) is 3.36. The molecule has 0 unspecified atom stereocenters. The molecule has 0 radical (unpaired) electrons. The van der Waals surface area contributed by atoms with Gasteiger partial charge >= 0.3 is 0 Å². The molecular weight excluding hydrogens is 342 g/mol. The van der Waals surface area contributed by atoms with Crippen LogP contribution in [0, 0.1) is 0 Å². The fourth-order valence-corrected chi connectivity index (χ4v) is 2.96. The highest BCUT2D eigenvalue weighted by Gasteiger charge is 2.12. The molecule has 0 spiro atoms. The number of nitrogens with zero attached hydrogens (tertiary/aromatic N) is 7. The van der Waals surface area contributed by atoms with E-state index in [1.54, 1.807) is 15.9 Å². The van der Waals surface area contributed by atoms with E-state index in [1.807, 2.05) is 61.9 Å². The number of rotatable bonds is 6. The van der Waals surface area contributed by atoms with Gasteiger partial charge in [0.15, 0.2) is 0 Å². The van der Waals surface area contributed by atoms with E-state index in [1.165, 1.54) is 0 Å². The smallest absolute Gasteiger partial charge is 0.253 e. The Morgan fingerprint density at radius 1 is 1.07 bits per heavy atom. The van der Waals surface area contributed by atoms with Crippen LogP contribution in [0.5, 0.6) is 0 Å². The highest BCUT2D eigenvalue weighted by molar-refractivity contribution is 5.94. The molecule has 0 aliphatic rings. The van der Waals surface area contributed by atoms with Crippen molar-refractivity contribution in [1.29, 1.82) is 0 Å². The number of amides is 1. The zero-order valence-electron chi connectivity index (χ0n) is 14.9. The number of likely N-dealkylation sites (N-methyl/N-ethyl adjacent to an activating group) is 1. The van der Waals surface area contributed by atoms with Crippen LogP contribution in [0.3, 0.4) is 0 Å². The van der Waals surface area contributed by atoms with E-state index < -0.39 is 0 Å². The summed E-state index contributed by atoms with van der Waals surface area (Å²) in [5.41, 5.74) is 3.73. The Bertz CT molecular complexity index is 1040. The van der Waals surface area contributed by atoms with Crippen LogP contribution in [0.15, 0.2) is 61.2 Å². The molecule has 0 atom stereocenters. The van der Waals surface area contributed by atoms with Crippen molar-refractivity contribution in [2.24, 2.45) is 0 Å². The number of hydrogen-bond acceptors (Lipinski definition) is 5. The number of hydrogen-bond donors (Lipinski definition) is 0. The fraction of sp³-hybridized carbons (Fsp3) is 0.211. The second-order valence-corrected chi connectivity index (χ2v) is 6.36. The molecule has 0 saturated heterocycles. The summed E-state index contributed by atoms with van der Waals surface area (Å²) in [4.78, 5) is 18.8. The van der Waals surface area contributed by atoms with Crippen molar-refractivity contribution in [3.05, 3.63) is 72.3 Å². The van der Waals surface area contributed by atoms with Crippen LogP contribution in [0.1, 0.15) is 15.9 Å². The monoisotopic (exact) mass is 361 g/mol. The van der Waals surface area contributed by atoms with Gasteiger partial charge in [0, 0.05) is 25.7 Å². The topological polar surface area (TPSA) is 81.7 Å². The van der Waals surface area contributed by atoms with Gasteiger partial charge in [-0.1, -0.05) is 24.3 Å². The second kappa shape index (κ2) is 7.36. The van der Waals surface area contributed by atoms with Gasteiger partial charge in [-0.3, -0.25) is 4.79 Å². The number of fused-ring (bicyclic) bond motifs is 1. The summed E-state index contributed by atoms with van der Waals surface area (Å²) < 4.78 is 3.70. The van der Waals surface area contributed by atoms with Crippen LogP contribution in [-0.4, -0.2) is 54.2 Å². The van der Waals surface area contributed by atoms with Gasteiger partial charge in [0.2, 0.25) is 0 Å². The number of tetrazole rings is 1. The molecule has 2 aromatic heterocycles. The maximum atomic E-state index is 12.7. The minimum Gasteiger partial charge on any atom is -0.340 e. The Labute approximate surface area is 156 Å². The van der Waals surface area contributed by atoms with Gasteiger partial charge in [0.1, 0.15) is 6.33 Å². The van der Waals surface area contributed by atoms with Gasteiger partial charge in [-0.25, -0.2) is 9.67 Å². The first kappa shape index (κ1) is 16.9. The highest BCUT2D eigenvalue weighted by Crippen LogP contribution is 2.12. The summed E-state index contributed by atoms with van der Waals surface area (Å²) in [5.74, 6) is -0.00612. The predicted molar refractivity (Wildman–Crippen MR) is 100 cm³/mol. The molecule has 8 nitrogen and oxygen atoms in total. The average molecular weight is 361 g/mol. The molecule has 0 saturated carbocycles. The van der Waals surface area contributed by atoms with Crippen LogP contribution in [0.25, 0.3) is 11.0 Å². The first-order chi connectivity index (χ1) is 13.2. The molecule has 4 rings (SSSR count). The summed E-state index contributed by atoms with van der Waals surface area (Å²) in [6, 6.07) is 15.5. The number of para-hydroxylation sites is 2. The van der Waals surface area contributed by atoms with E-state index in [4.69, 9.17) is 0 Å². The van der Waals surface area contributed by atoms with E-state index in [-0.39, 0.29) is 5.91 Å². The van der Waals surface area contributed by atoms with Crippen molar-refractivity contribution in [3.8, 4) is 0 Å². The summed E-state index contributed by atoms with van der Waals surface area (Å²) in [5, 5.41) is 11.1. The molecule has 0 N–H and O–H groups in total. The Morgan fingerprint density at radius 2 is 1.89 bits per heavy atom. The highest BCUT2D eigenvalue weighted by atomic mass is 16.2. The molecule has 2 heterocycles. The fourth-order valence-electron chi connectivity index (χ4n) is 2.96. The third-order valence-electron chi connectivity index (χ3n) is 4.49. The molecule has 136 valence electrons. The van der Waals surface area contributed by atoms with Crippen molar-refractivity contribution >= 4 is 16.9 Å². The van der Waals surface area contributed by atoms with Crippen molar-refractivity contribution in [2.75, 3.05) is 13.6 Å². The Balaban J connectivity index is 1.38. The first-order valence-corrected chi connectivity index (χ1v) is 8.66. The standard InChI is InChI=1S/C19H19N7O/c1-24(10-11-25-13-20-17-4-2-3-5-18(17)25)19(27)16-8-6-15(7-9-16)12-26-14-21-22-23-26/h2-9,13-14H,10-12H2,1H3. The van der Waals surface area contributed by atoms with Crippen LogP contribution >= 0.6 is 0 Å². The number of benzene rings is 2. The molecule has 0 fully saturated rings. The Hall–Kier alpha value is -3.55. The van der Waals surface area contributed by atoms with Crippen LogP contribution in [0.2, 0.25) is 0 Å². The lowest BCUT2D eigenvalue weighted by Crippen LogP contribution is -2.30. The molecular formula is C19H19N7O. The lowest BCUT2D eigenvalue weighted by molar-refractivity contribution is 0.0790. The zero-order chi connectivity index (χ0) is 18.6. The van der Waals surface area contributed by atoms with Gasteiger partial charge in [0.25, 0.3) is 5.91 Å². The van der Waals surface area contributed by atoms with E-state index in [9.17, 15) is 4.79 Å². The molecule has 27 heavy (non-hydrogen) atoms. The van der Waals surface area contributed by atoms with Crippen LogP contribution in [-0.2, 0) is 13.1 Å². The molecule has 1 amide bonds. The summed E-state index contributed by atoms with van der Waals surface area (Å²) in [6.45, 7) is 1.87. The molecule has 2 aromatic carbocycles. The maximum Gasteiger partial charge on any atom is 0.253 e. The van der Waals surface area contributed by atoms with Gasteiger partial charge in [0.05, 0.1) is 23.9 Å². The van der Waals surface area contributed by atoms with E-state index >= 15 is 0 Å². The predicted octanol–water partition coefficient (Wildman–Crippen LogP) is 1.84. The van der Waals surface area contributed by atoms with Crippen molar-refractivity contribution < 1.29 is 4.79 Å². The Morgan fingerprint density at radius 3 is 2.67 bits per heavy atom. The third-order valence-corrected chi connectivity index (χ3v) is 4.49. The van der Waals surface area contributed by atoms with Gasteiger partial charge in [-0.2, -0.15) is 0 Å². The third kappa shape index (κ3) is 3.69. The number of imidazole rings is 1. The van der Waals surface area contributed by atoms with Crippen LogP contribution in [0.4, 0.5) is 0 Å². The molecule has 0 aliphatic heterocycles. The van der Waals surface area contributed by atoms with Gasteiger partial charge in [-0.05, 0) is 40.3 Å². The summed E-state index contributed by atoms with van der Waals surface area (Å²) >= 11 is 0. The number of carbonyl (C=O) groups excluding carboxylic acids is 1. The minimum absolute atomic E-state index is 0.00612. The number of aromatic nitrogens is 6. The van der Waals surface area contributed by atoms with Crippen molar-refractivity contribution in [1.82, 2.24) is 34.7 Å². The lowest BCUT2D eigenvalue weighted by Gasteiger charge is -2.18. The van der Waals surface area contributed by atoms with Crippen LogP contribution < -0.4 is 0 Å². The normalized spacial score (nSPS) is 11.0. The van der Waals surface area contributed by atoms with E-state index in [0.717, 1.165) is 16.6 Å². The quantitative estimate of drug-likeness (QED) is 0.523. The minimum atomic E-state index is -0.00612. The van der Waals surface area contributed by atoms with Gasteiger partial charge in [-0.15, -0.1) is 5.10 Å². The molecule has 8 heteroatoms. The maximum absolute atomic E-state index is 12.7. The second-order valence-electron chi connectivity index (χ2n) is 6.36. The molecule has 0 bridgehead atoms. The Kier molecular flexibility index (Phi) is 4.61. The molecule has 0 aliphatic carbocycles. The first-order valence-electron chi connectivity index (χ1n) is 8.66. The summed E-state index contributed by atoms with van der Waals surface area (Å²) in [7, 11) is 1.82. The summed E-state index contributed by atoms with van der Waals surface area (Å²) in [6.07, 6.45) is 3.38. The number of carbonyl (C=O) groups is 1. The lowest BCUT2D eigenvalue weighted by atomic mass is 10.1. The van der Waals surface area contributed by atoms with E-state index in [0.29, 0.717) is 25.2 Å².